The standard InChI is InChI=1S/C30H40N4O3/c1-19-10-11-23(15-24(19)25-16-26(37-33-25)28(36)31-18-29(2,3)4)32-27(35)21-12-20(17-34(8)9)13-22(14-21)30(5,6)7/h10-16H,17-18H2,1-9H3,(H,31,36)(H,32,35). The Morgan fingerprint density at radius 1 is 0.946 bits per heavy atom. The molecule has 0 bridgehead atoms. The molecule has 2 aromatic carbocycles. The fourth-order valence-corrected chi connectivity index (χ4v) is 3.83. The van der Waals surface area contributed by atoms with E-state index >= 15 is 0 Å². The topological polar surface area (TPSA) is 87.5 Å². The molecule has 0 fully saturated rings. The molecule has 0 aliphatic carbocycles. The zero-order valence-electron chi connectivity index (χ0n) is 23.6. The number of hydrogen-bond acceptors (Lipinski definition) is 5. The minimum atomic E-state index is -0.303. The van der Waals surface area contributed by atoms with Crippen LogP contribution in [0.3, 0.4) is 0 Å². The van der Waals surface area contributed by atoms with Gasteiger partial charge in [0.15, 0.2) is 0 Å². The molecular formula is C30H40N4O3. The number of nitrogens with one attached hydrogen (secondary N) is 2. The fourth-order valence-electron chi connectivity index (χ4n) is 3.83. The Hall–Kier alpha value is -3.45. The molecule has 0 saturated heterocycles. The van der Waals surface area contributed by atoms with Crippen molar-refractivity contribution in [1.29, 1.82) is 0 Å². The average Bonchev–Trinajstić information content (AvgIpc) is 3.27. The van der Waals surface area contributed by atoms with Crippen molar-refractivity contribution in [2.75, 3.05) is 26.0 Å². The summed E-state index contributed by atoms with van der Waals surface area (Å²) in [4.78, 5) is 27.9. The minimum Gasteiger partial charge on any atom is -0.350 e. The van der Waals surface area contributed by atoms with Gasteiger partial charge in [-0.15, -0.1) is 0 Å². The highest BCUT2D eigenvalue weighted by molar-refractivity contribution is 6.05. The molecule has 1 aromatic heterocycles. The lowest BCUT2D eigenvalue weighted by atomic mass is 9.85. The number of carbonyl (C=O) groups excluding carboxylic acids is 2. The summed E-state index contributed by atoms with van der Waals surface area (Å²) in [5.74, 6) is -0.327. The molecule has 3 aromatic rings. The number of amides is 2. The number of nitrogens with zero attached hydrogens (tertiary/aromatic N) is 2. The zero-order valence-corrected chi connectivity index (χ0v) is 23.6. The van der Waals surface area contributed by atoms with Crippen LogP contribution in [0.2, 0.25) is 0 Å². The predicted octanol–water partition coefficient (Wildman–Crippen LogP) is 6.04. The fraction of sp³-hybridized carbons (Fsp3) is 0.433. The van der Waals surface area contributed by atoms with Gasteiger partial charge in [-0.05, 0) is 72.8 Å². The molecule has 1 heterocycles. The predicted molar refractivity (Wildman–Crippen MR) is 149 cm³/mol. The Labute approximate surface area is 220 Å². The SMILES string of the molecule is Cc1ccc(NC(=O)c2cc(CN(C)C)cc(C(C)(C)C)c2)cc1-c1cc(C(=O)NCC(C)(C)C)on1. The summed E-state index contributed by atoms with van der Waals surface area (Å²) in [7, 11) is 4.03. The van der Waals surface area contributed by atoms with Crippen LogP contribution in [0.1, 0.15) is 79.1 Å². The molecule has 0 aliphatic heterocycles. The third kappa shape index (κ3) is 7.76. The molecule has 0 unspecified atom stereocenters. The van der Waals surface area contributed by atoms with Gasteiger partial charge in [0.1, 0.15) is 5.69 Å². The molecule has 3 rings (SSSR count). The van der Waals surface area contributed by atoms with Crippen LogP contribution in [0.25, 0.3) is 11.3 Å². The molecule has 2 N–H and O–H groups in total. The molecule has 7 nitrogen and oxygen atoms in total. The Morgan fingerprint density at radius 3 is 2.27 bits per heavy atom. The van der Waals surface area contributed by atoms with Crippen LogP contribution in [0.5, 0.6) is 0 Å². The molecule has 0 spiro atoms. The van der Waals surface area contributed by atoms with Crippen LogP contribution in [-0.2, 0) is 12.0 Å². The van der Waals surface area contributed by atoms with Gasteiger partial charge in [0.25, 0.3) is 11.8 Å². The van der Waals surface area contributed by atoms with Crippen molar-refractivity contribution >= 4 is 17.5 Å². The van der Waals surface area contributed by atoms with Crippen LogP contribution in [-0.4, -0.2) is 42.5 Å². The Balaban J connectivity index is 1.84. The largest absolute Gasteiger partial charge is 0.350 e. The van der Waals surface area contributed by atoms with E-state index in [4.69, 9.17) is 4.52 Å². The smallest absolute Gasteiger partial charge is 0.289 e. The van der Waals surface area contributed by atoms with Crippen LogP contribution in [0.15, 0.2) is 47.0 Å². The van der Waals surface area contributed by atoms with Crippen LogP contribution in [0.4, 0.5) is 5.69 Å². The lowest BCUT2D eigenvalue weighted by Crippen LogP contribution is -2.31. The van der Waals surface area contributed by atoms with E-state index in [1.54, 1.807) is 6.07 Å². The molecule has 2 amide bonds. The summed E-state index contributed by atoms with van der Waals surface area (Å²) in [6.07, 6.45) is 0. The van der Waals surface area contributed by atoms with Gasteiger partial charge in [-0.1, -0.05) is 58.8 Å². The molecule has 0 atom stereocenters. The maximum atomic E-state index is 13.3. The first kappa shape index (κ1) is 28.1. The van der Waals surface area contributed by atoms with E-state index in [2.05, 4.69) is 47.5 Å². The van der Waals surface area contributed by atoms with Gasteiger partial charge in [-0.3, -0.25) is 9.59 Å². The molecule has 0 radical (unpaired) electrons. The van der Waals surface area contributed by atoms with E-state index in [1.165, 1.54) is 0 Å². The Bertz CT molecular complexity index is 1280. The van der Waals surface area contributed by atoms with E-state index in [1.807, 2.05) is 72.1 Å². The van der Waals surface area contributed by atoms with Crippen LogP contribution >= 0.6 is 0 Å². The van der Waals surface area contributed by atoms with E-state index in [0.717, 1.165) is 28.8 Å². The summed E-state index contributed by atoms with van der Waals surface area (Å²) in [6, 6.07) is 13.3. The quantitative estimate of drug-likeness (QED) is 0.410. The monoisotopic (exact) mass is 504 g/mol. The van der Waals surface area contributed by atoms with Gasteiger partial charge >= 0.3 is 0 Å². The van der Waals surface area contributed by atoms with Crippen molar-refractivity contribution in [3.05, 3.63) is 70.5 Å². The molecular weight excluding hydrogens is 464 g/mol. The lowest BCUT2D eigenvalue weighted by Gasteiger charge is -2.22. The summed E-state index contributed by atoms with van der Waals surface area (Å²) in [6.45, 7) is 15.8. The summed E-state index contributed by atoms with van der Waals surface area (Å²) >= 11 is 0. The number of rotatable bonds is 7. The third-order valence-electron chi connectivity index (χ3n) is 5.90. The highest BCUT2D eigenvalue weighted by Crippen LogP contribution is 2.28. The Morgan fingerprint density at radius 2 is 1.65 bits per heavy atom. The molecule has 7 heteroatoms. The highest BCUT2D eigenvalue weighted by Gasteiger charge is 2.20. The van der Waals surface area contributed by atoms with E-state index < -0.39 is 0 Å². The number of carbonyl (C=O) groups is 2. The second-order valence-electron chi connectivity index (χ2n) is 12.2. The molecule has 198 valence electrons. The van der Waals surface area contributed by atoms with Crippen molar-refractivity contribution in [2.45, 2.75) is 60.4 Å². The first-order valence-electron chi connectivity index (χ1n) is 12.6. The Kier molecular flexibility index (Phi) is 8.28. The summed E-state index contributed by atoms with van der Waals surface area (Å²) in [5.41, 5.74) is 5.61. The number of anilines is 1. The molecule has 37 heavy (non-hydrogen) atoms. The van der Waals surface area contributed by atoms with Crippen LogP contribution < -0.4 is 10.6 Å². The van der Waals surface area contributed by atoms with E-state index in [0.29, 0.717) is 23.5 Å². The van der Waals surface area contributed by atoms with Crippen molar-refractivity contribution in [3.63, 3.8) is 0 Å². The number of hydrogen-bond donors (Lipinski definition) is 2. The number of aromatic nitrogens is 1. The number of benzene rings is 2. The summed E-state index contributed by atoms with van der Waals surface area (Å²) < 4.78 is 5.33. The van der Waals surface area contributed by atoms with Crippen molar-refractivity contribution in [3.8, 4) is 11.3 Å². The number of aryl methyl sites for hydroxylation is 1. The second kappa shape index (κ2) is 10.9. The van der Waals surface area contributed by atoms with Crippen molar-refractivity contribution < 1.29 is 14.1 Å². The first-order chi connectivity index (χ1) is 17.1. The zero-order chi connectivity index (χ0) is 27.5. The normalized spacial score (nSPS) is 12.1. The van der Waals surface area contributed by atoms with Crippen molar-refractivity contribution in [1.82, 2.24) is 15.4 Å². The highest BCUT2D eigenvalue weighted by atomic mass is 16.5. The van der Waals surface area contributed by atoms with Gasteiger partial charge in [0, 0.05) is 36.0 Å². The lowest BCUT2D eigenvalue weighted by molar-refractivity contribution is 0.0902. The van der Waals surface area contributed by atoms with Gasteiger partial charge in [0.05, 0.1) is 0 Å². The van der Waals surface area contributed by atoms with Gasteiger partial charge in [-0.25, -0.2) is 0 Å². The van der Waals surface area contributed by atoms with E-state index in [9.17, 15) is 9.59 Å². The summed E-state index contributed by atoms with van der Waals surface area (Å²) in [5, 5.41) is 10.0. The van der Waals surface area contributed by atoms with Crippen molar-refractivity contribution in [2.24, 2.45) is 5.41 Å². The maximum absolute atomic E-state index is 13.3. The second-order valence-corrected chi connectivity index (χ2v) is 12.2. The maximum Gasteiger partial charge on any atom is 0.289 e. The minimum absolute atomic E-state index is 0.0404. The first-order valence-corrected chi connectivity index (χ1v) is 12.6. The van der Waals surface area contributed by atoms with E-state index in [-0.39, 0.29) is 28.4 Å². The molecule has 0 saturated carbocycles. The third-order valence-corrected chi connectivity index (χ3v) is 5.90. The van der Waals surface area contributed by atoms with Gasteiger partial charge < -0.3 is 20.1 Å². The van der Waals surface area contributed by atoms with Gasteiger partial charge in [-0.2, -0.15) is 0 Å². The average molecular weight is 505 g/mol. The molecule has 0 aliphatic rings. The van der Waals surface area contributed by atoms with Crippen LogP contribution in [0, 0.1) is 12.3 Å². The van der Waals surface area contributed by atoms with Gasteiger partial charge in [0.2, 0.25) is 5.76 Å².